The van der Waals surface area contributed by atoms with Crippen LogP contribution in [0.3, 0.4) is 0 Å². The van der Waals surface area contributed by atoms with Crippen molar-refractivity contribution in [3.8, 4) is 0 Å². The van der Waals surface area contributed by atoms with Crippen molar-refractivity contribution in [2.45, 2.75) is 64.2 Å². The maximum absolute atomic E-state index is 13.4. The molecule has 0 radical (unpaired) electrons. The lowest BCUT2D eigenvalue weighted by Crippen LogP contribution is -2.59. The van der Waals surface area contributed by atoms with Gasteiger partial charge in [-0.1, -0.05) is 62.4 Å². The second-order valence-electron chi connectivity index (χ2n) is 11.3. The summed E-state index contributed by atoms with van der Waals surface area (Å²) in [6.07, 6.45) is 0.682. The molecular weight excluding hydrogens is 564 g/mol. The van der Waals surface area contributed by atoms with E-state index < -0.39 is 59.6 Å². The first-order valence-electron chi connectivity index (χ1n) is 14.8. The van der Waals surface area contributed by atoms with E-state index >= 15 is 0 Å². The van der Waals surface area contributed by atoms with E-state index in [1.165, 1.54) is 18.9 Å². The number of amides is 6. The lowest BCUT2D eigenvalue weighted by atomic mass is 10.0. The number of rotatable bonds is 5. The van der Waals surface area contributed by atoms with Gasteiger partial charge >= 0.3 is 0 Å². The first kappa shape index (κ1) is 33.8. The molecule has 44 heavy (non-hydrogen) atoms. The Bertz CT molecular complexity index is 1320. The van der Waals surface area contributed by atoms with E-state index in [9.17, 15) is 28.8 Å². The third-order valence-electron chi connectivity index (χ3n) is 7.30. The largest absolute Gasteiger partial charge is 0.355 e. The molecule has 12 nitrogen and oxygen atoms in total. The van der Waals surface area contributed by atoms with E-state index in [2.05, 4.69) is 26.6 Å². The average molecular weight is 607 g/mol. The maximum Gasteiger partial charge on any atom is 0.251 e. The number of hydrogen-bond acceptors (Lipinski definition) is 6. The first-order valence-corrected chi connectivity index (χ1v) is 14.8. The molecule has 2 aromatic carbocycles. The first-order chi connectivity index (χ1) is 21.0. The summed E-state index contributed by atoms with van der Waals surface area (Å²) >= 11 is 0. The van der Waals surface area contributed by atoms with Crippen molar-refractivity contribution in [3.63, 3.8) is 0 Å². The summed E-state index contributed by atoms with van der Waals surface area (Å²) < 4.78 is 0. The normalized spacial score (nSPS) is 23.0. The summed E-state index contributed by atoms with van der Waals surface area (Å²) in [6.45, 7) is 4.91. The van der Waals surface area contributed by atoms with E-state index in [0.717, 1.165) is 5.56 Å². The fourth-order valence-corrected chi connectivity index (χ4v) is 4.75. The molecular formula is C32H42N6O6. The molecule has 4 atom stereocenters. The molecule has 1 aliphatic heterocycles. The Morgan fingerprint density at radius 3 is 2.16 bits per heavy atom. The molecule has 5 N–H and O–H groups in total. The van der Waals surface area contributed by atoms with Crippen LogP contribution in [-0.4, -0.2) is 84.6 Å². The number of benzene rings is 2. The molecule has 3 rings (SSSR count). The molecule has 1 saturated heterocycles. The zero-order chi connectivity index (χ0) is 32.2. The molecule has 236 valence electrons. The van der Waals surface area contributed by atoms with E-state index in [1.807, 2.05) is 30.3 Å². The Hall–Kier alpha value is -4.74. The average Bonchev–Trinajstić information content (AvgIpc) is 3.00. The van der Waals surface area contributed by atoms with Gasteiger partial charge in [0.2, 0.25) is 29.5 Å². The molecule has 2 aromatic rings. The second-order valence-corrected chi connectivity index (χ2v) is 11.3. The van der Waals surface area contributed by atoms with Crippen LogP contribution in [0, 0.1) is 5.92 Å². The van der Waals surface area contributed by atoms with Gasteiger partial charge in [-0.05, 0) is 43.4 Å². The van der Waals surface area contributed by atoms with Crippen LogP contribution in [0.15, 0.2) is 60.7 Å². The molecule has 0 unspecified atom stereocenters. The minimum absolute atomic E-state index is 0.170. The molecule has 12 heteroatoms. The third kappa shape index (κ3) is 9.92. The summed E-state index contributed by atoms with van der Waals surface area (Å²) in [5, 5.41) is 13.6. The summed E-state index contributed by atoms with van der Waals surface area (Å²) in [4.78, 5) is 80.2. The van der Waals surface area contributed by atoms with Crippen LogP contribution >= 0.6 is 0 Å². The molecule has 0 bridgehead atoms. The standard InChI is InChI=1S/C32H42N6O6/c1-20(2)27-31(43)34-21(3)28(40)36-25(18-22-12-7-5-8-13-22)32(44)38(4)19-26(39)33-17-11-16-24(30(42)37-27)35-29(41)23-14-9-6-10-15-23/h5-10,12-15,20-21,24-25,27H,11,16-19H2,1-4H3,(H,33,39)(H,34,43)(H,35,41)(H,36,40)(H,37,42)/t21-,24+,25+,27-/m1/s1. The number of carbonyl (C=O) groups is 6. The fourth-order valence-electron chi connectivity index (χ4n) is 4.75. The van der Waals surface area contributed by atoms with Crippen molar-refractivity contribution in [1.29, 1.82) is 0 Å². The Labute approximate surface area is 257 Å². The fraction of sp³-hybridized carbons (Fsp3) is 0.438. The Morgan fingerprint density at radius 2 is 1.52 bits per heavy atom. The van der Waals surface area contributed by atoms with Gasteiger partial charge in [0.15, 0.2) is 0 Å². The smallest absolute Gasteiger partial charge is 0.251 e. The van der Waals surface area contributed by atoms with Crippen LogP contribution in [0.5, 0.6) is 0 Å². The van der Waals surface area contributed by atoms with Crippen LogP contribution in [0.1, 0.15) is 49.5 Å². The predicted octanol–water partition coefficient (Wildman–Crippen LogP) is 0.526. The number of likely N-dealkylation sites (N-methyl/N-ethyl adjacent to an activating group) is 1. The highest BCUT2D eigenvalue weighted by Crippen LogP contribution is 2.09. The monoisotopic (exact) mass is 606 g/mol. The number of carbonyl (C=O) groups excluding carboxylic acids is 6. The topological polar surface area (TPSA) is 166 Å². The van der Waals surface area contributed by atoms with Gasteiger partial charge in [-0.25, -0.2) is 0 Å². The van der Waals surface area contributed by atoms with Gasteiger partial charge in [0.05, 0.1) is 6.54 Å². The quantitative estimate of drug-likeness (QED) is 0.333. The third-order valence-corrected chi connectivity index (χ3v) is 7.30. The number of nitrogens with one attached hydrogen (secondary N) is 5. The minimum atomic E-state index is -1.05. The Balaban J connectivity index is 1.84. The van der Waals surface area contributed by atoms with Gasteiger partial charge in [-0.15, -0.1) is 0 Å². The van der Waals surface area contributed by atoms with E-state index in [0.29, 0.717) is 12.0 Å². The van der Waals surface area contributed by atoms with Crippen LogP contribution in [0.25, 0.3) is 0 Å². The highest BCUT2D eigenvalue weighted by molar-refractivity contribution is 5.99. The summed E-state index contributed by atoms with van der Waals surface area (Å²) in [5.41, 5.74) is 1.17. The van der Waals surface area contributed by atoms with E-state index in [1.54, 1.807) is 44.2 Å². The van der Waals surface area contributed by atoms with Crippen LogP contribution < -0.4 is 26.6 Å². The highest BCUT2D eigenvalue weighted by atomic mass is 16.2. The minimum Gasteiger partial charge on any atom is -0.355 e. The van der Waals surface area contributed by atoms with Crippen molar-refractivity contribution in [1.82, 2.24) is 31.5 Å². The Morgan fingerprint density at radius 1 is 0.886 bits per heavy atom. The van der Waals surface area contributed by atoms with Crippen LogP contribution in [0.4, 0.5) is 0 Å². The van der Waals surface area contributed by atoms with Crippen molar-refractivity contribution in [2.75, 3.05) is 20.1 Å². The summed E-state index contributed by atoms with van der Waals surface area (Å²) in [6, 6.07) is 13.5. The van der Waals surface area contributed by atoms with Gasteiger partial charge in [-0.3, -0.25) is 28.8 Å². The lowest BCUT2D eigenvalue weighted by molar-refractivity contribution is -0.139. The molecule has 0 aromatic heterocycles. The van der Waals surface area contributed by atoms with Gasteiger partial charge in [-0.2, -0.15) is 0 Å². The van der Waals surface area contributed by atoms with Gasteiger partial charge < -0.3 is 31.5 Å². The van der Waals surface area contributed by atoms with Gasteiger partial charge in [0.25, 0.3) is 5.91 Å². The zero-order valence-electron chi connectivity index (χ0n) is 25.6. The molecule has 1 heterocycles. The molecule has 6 amide bonds. The van der Waals surface area contributed by atoms with Gasteiger partial charge in [0.1, 0.15) is 24.2 Å². The van der Waals surface area contributed by atoms with Gasteiger partial charge in [0, 0.05) is 25.6 Å². The predicted molar refractivity (Wildman–Crippen MR) is 164 cm³/mol. The second kappa shape index (κ2) is 16.2. The zero-order valence-corrected chi connectivity index (χ0v) is 25.6. The molecule has 0 aliphatic carbocycles. The number of hydrogen-bond donors (Lipinski definition) is 5. The number of nitrogens with zero attached hydrogens (tertiary/aromatic N) is 1. The Kier molecular flexibility index (Phi) is 12.4. The summed E-state index contributed by atoms with van der Waals surface area (Å²) in [7, 11) is 1.47. The van der Waals surface area contributed by atoms with Crippen molar-refractivity contribution in [2.24, 2.45) is 5.92 Å². The van der Waals surface area contributed by atoms with E-state index in [4.69, 9.17) is 0 Å². The van der Waals surface area contributed by atoms with Crippen molar-refractivity contribution < 1.29 is 28.8 Å². The molecule has 0 saturated carbocycles. The van der Waals surface area contributed by atoms with E-state index in [-0.39, 0.29) is 31.8 Å². The molecule has 1 aliphatic rings. The molecule has 0 spiro atoms. The SMILES string of the molecule is CC(C)[C@H]1NC(=O)[C@@H](NC(=O)c2ccccc2)CCCNC(=O)CN(C)C(=O)[C@H](Cc2ccccc2)NC(=O)[C@@H](C)NC1=O. The van der Waals surface area contributed by atoms with Crippen molar-refractivity contribution >= 4 is 35.4 Å². The highest BCUT2D eigenvalue weighted by Gasteiger charge is 2.32. The summed E-state index contributed by atoms with van der Waals surface area (Å²) in [5.74, 6) is -3.45. The van der Waals surface area contributed by atoms with Crippen LogP contribution in [-0.2, 0) is 30.4 Å². The maximum atomic E-state index is 13.4. The van der Waals surface area contributed by atoms with Crippen LogP contribution in [0.2, 0.25) is 0 Å². The lowest BCUT2D eigenvalue weighted by Gasteiger charge is -2.28. The van der Waals surface area contributed by atoms with Crippen molar-refractivity contribution in [3.05, 3.63) is 71.8 Å². The molecule has 1 fully saturated rings.